The van der Waals surface area contributed by atoms with E-state index in [0.29, 0.717) is 36.9 Å². The Kier molecular flexibility index (Phi) is 4.71. The predicted molar refractivity (Wildman–Crippen MR) is 102 cm³/mol. The van der Waals surface area contributed by atoms with Gasteiger partial charge < -0.3 is 19.7 Å². The molecule has 27 heavy (non-hydrogen) atoms. The molecule has 2 aromatic rings. The number of carbonyl (C=O) groups is 2. The van der Waals surface area contributed by atoms with Gasteiger partial charge in [-0.3, -0.25) is 9.59 Å². The van der Waals surface area contributed by atoms with Crippen molar-refractivity contribution in [2.75, 3.05) is 30.0 Å². The van der Waals surface area contributed by atoms with E-state index in [9.17, 15) is 9.59 Å². The van der Waals surface area contributed by atoms with Crippen molar-refractivity contribution < 1.29 is 19.1 Å². The van der Waals surface area contributed by atoms with Crippen LogP contribution in [0.4, 0.5) is 11.4 Å². The maximum Gasteiger partial charge on any atom is 0.229 e. The van der Waals surface area contributed by atoms with Crippen LogP contribution in [0.15, 0.2) is 42.5 Å². The number of aryl methyl sites for hydroxylation is 1. The summed E-state index contributed by atoms with van der Waals surface area (Å²) in [5.74, 6) is 0.753. The molecule has 0 radical (unpaired) electrons. The predicted octanol–water partition coefficient (Wildman–Crippen LogP) is 3.01. The van der Waals surface area contributed by atoms with Crippen LogP contribution in [0.25, 0.3) is 0 Å². The lowest BCUT2D eigenvalue weighted by molar-refractivity contribution is -0.122. The molecule has 1 unspecified atom stereocenters. The third-order valence-electron chi connectivity index (χ3n) is 4.97. The standard InChI is InChI=1S/C21H22N2O4/c1-2-14-5-3-4-6-17(14)23-13-15(11-20(23)24)21(25)22-16-7-8-18-19(12-16)27-10-9-26-18/h3-8,12,15H,2,9-11,13H2,1H3,(H,22,25). The molecule has 1 fully saturated rings. The molecule has 2 aliphatic heterocycles. The zero-order chi connectivity index (χ0) is 18.8. The molecule has 0 aliphatic carbocycles. The van der Waals surface area contributed by atoms with Gasteiger partial charge in [0.2, 0.25) is 11.8 Å². The normalized spacial score (nSPS) is 18.5. The number of benzene rings is 2. The summed E-state index contributed by atoms with van der Waals surface area (Å²) in [4.78, 5) is 26.9. The van der Waals surface area contributed by atoms with Gasteiger partial charge in [0, 0.05) is 30.4 Å². The first-order chi connectivity index (χ1) is 13.2. The largest absolute Gasteiger partial charge is 0.486 e. The zero-order valence-corrected chi connectivity index (χ0v) is 15.2. The summed E-state index contributed by atoms with van der Waals surface area (Å²) in [6, 6.07) is 13.2. The van der Waals surface area contributed by atoms with Crippen LogP contribution < -0.4 is 19.7 Å². The Bertz CT molecular complexity index is 880. The van der Waals surface area contributed by atoms with Crippen LogP contribution >= 0.6 is 0 Å². The first kappa shape index (κ1) is 17.4. The highest BCUT2D eigenvalue weighted by atomic mass is 16.6. The van der Waals surface area contributed by atoms with Gasteiger partial charge in [0.15, 0.2) is 11.5 Å². The van der Waals surface area contributed by atoms with Crippen LogP contribution in [0.1, 0.15) is 18.9 Å². The fourth-order valence-corrected chi connectivity index (χ4v) is 3.55. The van der Waals surface area contributed by atoms with E-state index in [4.69, 9.17) is 9.47 Å². The number of para-hydroxylation sites is 1. The topological polar surface area (TPSA) is 67.9 Å². The van der Waals surface area contributed by atoms with Crippen molar-refractivity contribution in [1.82, 2.24) is 0 Å². The number of nitrogens with zero attached hydrogens (tertiary/aromatic N) is 1. The van der Waals surface area contributed by atoms with E-state index < -0.39 is 0 Å². The number of ether oxygens (including phenoxy) is 2. The number of carbonyl (C=O) groups excluding carboxylic acids is 2. The van der Waals surface area contributed by atoms with Gasteiger partial charge in [-0.1, -0.05) is 25.1 Å². The quantitative estimate of drug-likeness (QED) is 0.903. The van der Waals surface area contributed by atoms with Crippen molar-refractivity contribution in [3.8, 4) is 11.5 Å². The van der Waals surface area contributed by atoms with Gasteiger partial charge in [-0.25, -0.2) is 0 Å². The van der Waals surface area contributed by atoms with Crippen molar-refractivity contribution in [3.63, 3.8) is 0 Å². The minimum atomic E-state index is -0.379. The molecule has 4 rings (SSSR count). The molecule has 0 bridgehead atoms. The lowest BCUT2D eigenvalue weighted by Gasteiger charge is -2.20. The molecule has 140 valence electrons. The maximum absolute atomic E-state index is 12.7. The molecule has 1 atom stereocenters. The van der Waals surface area contributed by atoms with E-state index in [1.54, 1.807) is 23.1 Å². The number of amides is 2. The van der Waals surface area contributed by atoms with Gasteiger partial charge in [-0.15, -0.1) is 0 Å². The number of fused-ring (bicyclic) bond motifs is 1. The van der Waals surface area contributed by atoms with Crippen molar-refractivity contribution in [3.05, 3.63) is 48.0 Å². The van der Waals surface area contributed by atoms with Crippen molar-refractivity contribution in [2.45, 2.75) is 19.8 Å². The Morgan fingerprint density at radius 1 is 1.15 bits per heavy atom. The van der Waals surface area contributed by atoms with Crippen LogP contribution in [0.3, 0.4) is 0 Å². The molecule has 0 aromatic heterocycles. The van der Waals surface area contributed by atoms with E-state index >= 15 is 0 Å². The first-order valence-corrected chi connectivity index (χ1v) is 9.24. The van der Waals surface area contributed by atoms with E-state index in [-0.39, 0.29) is 24.2 Å². The smallest absolute Gasteiger partial charge is 0.229 e. The lowest BCUT2D eigenvalue weighted by Crippen LogP contribution is -2.28. The zero-order valence-electron chi connectivity index (χ0n) is 15.2. The second-order valence-electron chi connectivity index (χ2n) is 6.74. The monoisotopic (exact) mass is 366 g/mol. The van der Waals surface area contributed by atoms with Gasteiger partial charge in [0.05, 0.1) is 5.92 Å². The van der Waals surface area contributed by atoms with Crippen molar-refractivity contribution in [2.24, 2.45) is 5.92 Å². The van der Waals surface area contributed by atoms with Crippen LogP contribution in [0.5, 0.6) is 11.5 Å². The molecular formula is C21H22N2O4. The number of rotatable bonds is 4. The highest BCUT2D eigenvalue weighted by molar-refractivity contribution is 6.04. The summed E-state index contributed by atoms with van der Waals surface area (Å²) < 4.78 is 11.0. The van der Waals surface area contributed by atoms with Gasteiger partial charge in [0.25, 0.3) is 0 Å². The average molecular weight is 366 g/mol. The Morgan fingerprint density at radius 3 is 2.74 bits per heavy atom. The summed E-state index contributed by atoms with van der Waals surface area (Å²) in [7, 11) is 0. The molecule has 6 nitrogen and oxygen atoms in total. The highest BCUT2D eigenvalue weighted by Crippen LogP contribution is 2.33. The molecular weight excluding hydrogens is 344 g/mol. The highest BCUT2D eigenvalue weighted by Gasteiger charge is 2.35. The Labute approximate surface area is 158 Å². The summed E-state index contributed by atoms with van der Waals surface area (Å²) >= 11 is 0. The van der Waals surface area contributed by atoms with Gasteiger partial charge in [0.1, 0.15) is 13.2 Å². The number of hydrogen-bond donors (Lipinski definition) is 1. The fourth-order valence-electron chi connectivity index (χ4n) is 3.55. The SMILES string of the molecule is CCc1ccccc1N1CC(C(=O)Nc2ccc3c(c2)OCCO3)CC1=O. The molecule has 2 aliphatic rings. The van der Waals surface area contributed by atoms with E-state index in [1.807, 2.05) is 24.3 Å². The molecule has 2 heterocycles. The molecule has 0 spiro atoms. The average Bonchev–Trinajstić information content (AvgIpc) is 3.09. The fraction of sp³-hybridized carbons (Fsp3) is 0.333. The minimum absolute atomic E-state index is 0.0155. The van der Waals surface area contributed by atoms with Crippen LogP contribution in [0, 0.1) is 5.92 Å². The van der Waals surface area contributed by atoms with Gasteiger partial charge in [-0.2, -0.15) is 0 Å². The summed E-state index contributed by atoms with van der Waals surface area (Å²) in [5.41, 5.74) is 2.66. The third kappa shape index (κ3) is 3.47. The van der Waals surface area contributed by atoms with Gasteiger partial charge in [-0.05, 0) is 30.2 Å². The number of hydrogen-bond acceptors (Lipinski definition) is 4. The minimum Gasteiger partial charge on any atom is -0.486 e. The molecule has 2 amide bonds. The van der Waals surface area contributed by atoms with Crippen molar-refractivity contribution in [1.29, 1.82) is 0 Å². The van der Waals surface area contributed by atoms with Crippen LogP contribution in [-0.4, -0.2) is 31.6 Å². The second kappa shape index (κ2) is 7.31. The maximum atomic E-state index is 12.7. The summed E-state index contributed by atoms with van der Waals surface area (Å²) in [5, 5.41) is 2.90. The van der Waals surface area contributed by atoms with E-state index in [1.165, 1.54) is 0 Å². The van der Waals surface area contributed by atoms with Crippen LogP contribution in [-0.2, 0) is 16.0 Å². The summed E-state index contributed by atoms with van der Waals surface area (Å²) in [6.07, 6.45) is 1.06. The molecule has 1 saturated heterocycles. The molecule has 0 saturated carbocycles. The van der Waals surface area contributed by atoms with Crippen molar-refractivity contribution >= 4 is 23.2 Å². The van der Waals surface area contributed by atoms with E-state index in [2.05, 4.69) is 12.2 Å². The first-order valence-electron chi connectivity index (χ1n) is 9.24. The molecule has 2 aromatic carbocycles. The lowest BCUT2D eigenvalue weighted by atomic mass is 10.1. The van der Waals surface area contributed by atoms with Crippen LogP contribution in [0.2, 0.25) is 0 Å². The third-order valence-corrected chi connectivity index (χ3v) is 4.97. The Morgan fingerprint density at radius 2 is 1.93 bits per heavy atom. The summed E-state index contributed by atoms with van der Waals surface area (Å²) in [6.45, 7) is 3.48. The number of anilines is 2. The Hall–Kier alpha value is -3.02. The van der Waals surface area contributed by atoms with E-state index in [0.717, 1.165) is 17.7 Å². The molecule has 1 N–H and O–H groups in total. The Balaban J connectivity index is 1.46. The number of nitrogens with one attached hydrogen (secondary N) is 1. The second-order valence-corrected chi connectivity index (χ2v) is 6.74. The van der Waals surface area contributed by atoms with Gasteiger partial charge >= 0.3 is 0 Å². The molecule has 6 heteroatoms.